The average molecular weight is 370 g/mol. The van der Waals surface area contributed by atoms with Gasteiger partial charge in [-0.05, 0) is 50.2 Å². The van der Waals surface area contributed by atoms with E-state index in [1.807, 2.05) is 19.1 Å². The maximum atomic E-state index is 12.3. The monoisotopic (exact) mass is 370 g/mol. The molecule has 0 aliphatic rings. The molecule has 0 fully saturated rings. The number of nitrogens with zero attached hydrogens (tertiary/aromatic N) is 2. The Morgan fingerprint density at radius 2 is 1.92 bits per heavy atom. The molecule has 0 radical (unpaired) electrons. The molecule has 2 aromatic heterocycles. The van der Waals surface area contributed by atoms with Gasteiger partial charge < -0.3 is 15.1 Å². The summed E-state index contributed by atoms with van der Waals surface area (Å²) in [6, 6.07) is 10.3. The smallest absolute Gasteiger partial charge is 0.286 e. The van der Waals surface area contributed by atoms with E-state index >= 15 is 0 Å². The summed E-state index contributed by atoms with van der Waals surface area (Å²) >= 11 is 1.23. The van der Waals surface area contributed by atoms with Crippen molar-refractivity contribution in [1.29, 1.82) is 0 Å². The molecule has 1 atom stereocenters. The minimum absolute atomic E-state index is 0.0614. The Kier molecular flexibility index (Phi) is 5.43. The molecule has 3 aromatic rings. The molecular formula is C18H18N4O3S. The first-order valence-corrected chi connectivity index (χ1v) is 8.87. The highest BCUT2D eigenvalue weighted by Gasteiger charge is 2.13. The topological polar surface area (TPSA) is 97.1 Å². The summed E-state index contributed by atoms with van der Waals surface area (Å²) in [6.07, 6.45) is 2.23. The van der Waals surface area contributed by atoms with Gasteiger partial charge >= 0.3 is 0 Å². The molecule has 2 amide bonds. The largest absolute Gasteiger partial charge is 0.469 e. The quantitative estimate of drug-likeness (QED) is 0.695. The van der Waals surface area contributed by atoms with Crippen molar-refractivity contribution in [1.82, 2.24) is 15.5 Å². The highest BCUT2D eigenvalue weighted by Crippen LogP contribution is 2.14. The highest BCUT2D eigenvalue weighted by molar-refractivity contribution is 7.13. The number of hydrogen-bond donors (Lipinski definition) is 2. The minimum atomic E-state index is -0.320. The van der Waals surface area contributed by atoms with Gasteiger partial charge in [0, 0.05) is 23.7 Å². The number of rotatable bonds is 6. The first kappa shape index (κ1) is 17.8. The summed E-state index contributed by atoms with van der Waals surface area (Å²) in [4.78, 5) is 24.3. The van der Waals surface area contributed by atoms with E-state index in [4.69, 9.17) is 4.42 Å². The molecule has 3 rings (SSSR count). The first-order valence-electron chi connectivity index (χ1n) is 8.06. The van der Waals surface area contributed by atoms with Gasteiger partial charge in [0.05, 0.1) is 6.26 Å². The second-order valence-corrected chi connectivity index (χ2v) is 7.00. The summed E-state index contributed by atoms with van der Waals surface area (Å²) in [5, 5.41) is 14.3. The summed E-state index contributed by atoms with van der Waals surface area (Å²) in [7, 11) is 0. The number of aryl methyl sites for hydroxylation is 1. The van der Waals surface area contributed by atoms with Gasteiger partial charge in [0.25, 0.3) is 11.8 Å². The van der Waals surface area contributed by atoms with E-state index < -0.39 is 0 Å². The zero-order valence-electron chi connectivity index (χ0n) is 14.4. The number of benzene rings is 1. The Bertz CT molecular complexity index is 888. The molecule has 0 spiro atoms. The number of aromatic nitrogens is 2. The van der Waals surface area contributed by atoms with Crippen molar-refractivity contribution in [3.63, 3.8) is 0 Å². The molecule has 1 aromatic carbocycles. The van der Waals surface area contributed by atoms with Gasteiger partial charge in [0.15, 0.2) is 0 Å². The Morgan fingerprint density at radius 1 is 1.15 bits per heavy atom. The summed E-state index contributed by atoms with van der Waals surface area (Å²) < 4.78 is 5.28. The van der Waals surface area contributed by atoms with Crippen LogP contribution < -0.4 is 10.6 Å². The molecule has 8 heteroatoms. The third-order valence-electron chi connectivity index (χ3n) is 3.59. The predicted molar refractivity (Wildman–Crippen MR) is 98.4 cm³/mol. The second-order valence-electron chi connectivity index (χ2n) is 5.82. The van der Waals surface area contributed by atoms with Crippen molar-refractivity contribution in [2.24, 2.45) is 0 Å². The average Bonchev–Trinajstić information content (AvgIpc) is 3.27. The van der Waals surface area contributed by atoms with Crippen LogP contribution in [0.3, 0.4) is 0 Å². The van der Waals surface area contributed by atoms with Gasteiger partial charge in [0.1, 0.15) is 10.8 Å². The molecule has 2 N–H and O–H groups in total. The van der Waals surface area contributed by atoms with E-state index in [1.165, 1.54) is 11.3 Å². The van der Waals surface area contributed by atoms with Crippen molar-refractivity contribution >= 4 is 28.8 Å². The van der Waals surface area contributed by atoms with Crippen molar-refractivity contribution < 1.29 is 14.0 Å². The van der Waals surface area contributed by atoms with Crippen LogP contribution in [-0.2, 0) is 6.42 Å². The van der Waals surface area contributed by atoms with Gasteiger partial charge in [-0.1, -0.05) is 11.3 Å². The Morgan fingerprint density at radius 3 is 2.54 bits per heavy atom. The predicted octanol–water partition coefficient (Wildman–Crippen LogP) is 3.05. The lowest BCUT2D eigenvalue weighted by Gasteiger charge is -2.13. The van der Waals surface area contributed by atoms with E-state index in [0.29, 0.717) is 22.7 Å². The number of anilines is 1. The van der Waals surface area contributed by atoms with Crippen LogP contribution in [0.25, 0.3) is 0 Å². The van der Waals surface area contributed by atoms with Crippen LogP contribution in [0.15, 0.2) is 47.1 Å². The molecule has 2 heterocycles. The van der Waals surface area contributed by atoms with Gasteiger partial charge in [0.2, 0.25) is 5.01 Å². The fraction of sp³-hybridized carbons (Fsp3) is 0.222. The third kappa shape index (κ3) is 4.54. The van der Waals surface area contributed by atoms with Crippen LogP contribution in [0.5, 0.6) is 0 Å². The number of nitrogens with one attached hydrogen (secondary N) is 2. The van der Waals surface area contributed by atoms with Crippen LogP contribution in [-0.4, -0.2) is 28.1 Å². The highest BCUT2D eigenvalue weighted by atomic mass is 32.1. The first-order chi connectivity index (χ1) is 12.5. The van der Waals surface area contributed by atoms with Gasteiger partial charge in [-0.15, -0.1) is 10.2 Å². The van der Waals surface area contributed by atoms with Crippen LogP contribution in [0.2, 0.25) is 0 Å². The molecule has 0 unspecified atom stereocenters. The summed E-state index contributed by atoms with van der Waals surface area (Å²) in [5.74, 6) is 0.323. The zero-order chi connectivity index (χ0) is 18.5. The van der Waals surface area contributed by atoms with Crippen LogP contribution in [0, 0.1) is 6.92 Å². The number of carbonyl (C=O) groups excluding carboxylic acids is 2. The lowest BCUT2D eigenvalue weighted by Crippen LogP contribution is -2.33. The molecule has 134 valence electrons. The van der Waals surface area contributed by atoms with Gasteiger partial charge in [-0.3, -0.25) is 9.59 Å². The van der Waals surface area contributed by atoms with E-state index in [-0.39, 0.29) is 17.9 Å². The fourth-order valence-electron chi connectivity index (χ4n) is 2.37. The van der Waals surface area contributed by atoms with E-state index in [9.17, 15) is 9.59 Å². The van der Waals surface area contributed by atoms with Crippen molar-refractivity contribution in [2.75, 3.05) is 5.32 Å². The van der Waals surface area contributed by atoms with Crippen LogP contribution in [0.1, 0.15) is 37.9 Å². The van der Waals surface area contributed by atoms with Crippen molar-refractivity contribution in [3.05, 3.63) is 64.0 Å². The lowest BCUT2D eigenvalue weighted by atomic mass is 10.1. The van der Waals surface area contributed by atoms with Crippen LogP contribution >= 0.6 is 11.3 Å². The van der Waals surface area contributed by atoms with Crippen molar-refractivity contribution in [3.8, 4) is 0 Å². The molecule has 26 heavy (non-hydrogen) atoms. The van der Waals surface area contributed by atoms with Crippen LogP contribution in [0.4, 0.5) is 5.69 Å². The number of carbonyl (C=O) groups is 2. The standard InChI is InChI=1S/C18H18N4O3S/c1-11(10-15-4-3-9-25-15)19-16(23)13-5-7-14(8-6-13)20-17(24)18-22-21-12(2)26-18/h3-9,11H,10H2,1-2H3,(H,19,23)(H,20,24)/t11-/m1/s1. The van der Waals surface area contributed by atoms with Crippen molar-refractivity contribution in [2.45, 2.75) is 26.3 Å². The normalized spacial score (nSPS) is 11.8. The molecule has 0 aliphatic carbocycles. The molecule has 7 nitrogen and oxygen atoms in total. The Balaban J connectivity index is 1.56. The van der Waals surface area contributed by atoms with E-state index in [2.05, 4.69) is 20.8 Å². The molecule has 0 saturated carbocycles. The maximum absolute atomic E-state index is 12.3. The lowest BCUT2D eigenvalue weighted by molar-refractivity contribution is 0.0938. The molecule has 0 saturated heterocycles. The van der Waals surface area contributed by atoms with Gasteiger partial charge in [-0.25, -0.2) is 0 Å². The Hall–Kier alpha value is -3.00. The fourth-order valence-corrected chi connectivity index (χ4v) is 2.95. The molecular weight excluding hydrogens is 352 g/mol. The minimum Gasteiger partial charge on any atom is -0.469 e. The van der Waals surface area contributed by atoms with Gasteiger partial charge in [-0.2, -0.15) is 0 Å². The summed E-state index contributed by atoms with van der Waals surface area (Å²) in [6.45, 7) is 3.70. The molecule has 0 aliphatic heterocycles. The number of furan rings is 1. The Labute approximate surface area is 154 Å². The van der Waals surface area contributed by atoms with E-state index in [1.54, 1.807) is 37.5 Å². The third-order valence-corrected chi connectivity index (χ3v) is 4.43. The zero-order valence-corrected chi connectivity index (χ0v) is 15.2. The number of amides is 2. The number of hydrogen-bond acceptors (Lipinski definition) is 6. The summed E-state index contributed by atoms with van der Waals surface area (Å²) in [5.41, 5.74) is 1.10. The molecule has 0 bridgehead atoms. The second kappa shape index (κ2) is 7.92. The van der Waals surface area contributed by atoms with E-state index in [0.717, 1.165) is 10.8 Å². The SMILES string of the molecule is Cc1nnc(C(=O)Nc2ccc(C(=O)N[C@H](C)Cc3ccco3)cc2)s1. The maximum Gasteiger partial charge on any atom is 0.286 e.